The maximum Gasteiger partial charge on any atom is 0.0624 e. The number of rotatable bonds is 4. The average molecular weight is 387 g/mol. The van der Waals surface area contributed by atoms with Gasteiger partial charge in [-0.15, -0.1) is 0 Å². The van der Waals surface area contributed by atoms with E-state index in [9.17, 15) is 0 Å². The number of halogens is 2. The molecule has 2 rings (SSSR count). The van der Waals surface area contributed by atoms with E-state index < -0.39 is 0 Å². The number of aromatic nitrogens is 2. The molecular weight excluding hydrogens is 370 g/mol. The molecule has 0 spiro atoms. The van der Waals surface area contributed by atoms with Crippen LogP contribution in [-0.2, 0) is 19.9 Å². The van der Waals surface area contributed by atoms with Gasteiger partial charge >= 0.3 is 0 Å². The molecule has 2 aromatic rings. The van der Waals surface area contributed by atoms with Crippen LogP contribution in [0.3, 0.4) is 0 Å². The van der Waals surface area contributed by atoms with Crippen molar-refractivity contribution in [3.63, 3.8) is 0 Å². The molecule has 5 heteroatoms. The van der Waals surface area contributed by atoms with Gasteiger partial charge in [-0.3, -0.25) is 4.68 Å². The predicted octanol–water partition coefficient (Wildman–Crippen LogP) is 3.75. The van der Waals surface area contributed by atoms with Crippen LogP contribution in [0.4, 0.5) is 0 Å². The third-order valence-corrected chi connectivity index (χ3v) is 4.39. The molecule has 0 fully saturated rings. The third-order valence-electron chi connectivity index (χ3n) is 3.18. The van der Waals surface area contributed by atoms with Crippen LogP contribution in [0, 0.1) is 0 Å². The summed E-state index contributed by atoms with van der Waals surface area (Å²) in [6, 6.07) is 8.16. The highest BCUT2D eigenvalue weighted by molar-refractivity contribution is 9.11. The van der Waals surface area contributed by atoms with Gasteiger partial charge in [-0.25, -0.2) is 0 Å². The summed E-state index contributed by atoms with van der Waals surface area (Å²) >= 11 is 7.04. The van der Waals surface area contributed by atoms with Crippen LogP contribution < -0.4 is 5.73 Å². The monoisotopic (exact) mass is 385 g/mol. The van der Waals surface area contributed by atoms with Gasteiger partial charge in [0.15, 0.2) is 0 Å². The van der Waals surface area contributed by atoms with Crippen LogP contribution in [0.5, 0.6) is 0 Å². The van der Waals surface area contributed by atoms with Crippen molar-refractivity contribution < 1.29 is 0 Å². The zero-order valence-electron chi connectivity index (χ0n) is 11.0. The molecule has 3 nitrogen and oxygen atoms in total. The zero-order valence-corrected chi connectivity index (χ0v) is 14.2. The van der Waals surface area contributed by atoms with E-state index in [1.165, 1.54) is 0 Å². The number of nitrogens with two attached hydrogens (primary N) is 1. The summed E-state index contributed by atoms with van der Waals surface area (Å²) in [4.78, 5) is 0. The smallest absolute Gasteiger partial charge is 0.0624 e. The highest BCUT2D eigenvalue weighted by Crippen LogP contribution is 2.27. The lowest BCUT2D eigenvalue weighted by molar-refractivity contribution is 0.636. The quantitative estimate of drug-likeness (QED) is 0.869. The Morgan fingerprint density at radius 2 is 2.05 bits per heavy atom. The van der Waals surface area contributed by atoms with Crippen LogP contribution in [0.15, 0.2) is 33.2 Å². The first kappa shape index (κ1) is 14.8. The Morgan fingerprint density at radius 3 is 2.68 bits per heavy atom. The van der Waals surface area contributed by atoms with Gasteiger partial charge in [0.2, 0.25) is 0 Å². The van der Waals surface area contributed by atoms with Gasteiger partial charge in [-0.2, -0.15) is 5.10 Å². The second-order valence-corrected chi connectivity index (χ2v) is 6.35. The van der Waals surface area contributed by atoms with Crippen LogP contribution in [0.2, 0.25) is 0 Å². The van der Waals surface area contributed by atoms with Gasteiger partial charge in [0.25, 0.3) is 0 Å². The molecule has 0 aliphatic carbocycles. The van der Waals surface area contributed by atoms with Crippen molar-refractivity contribution in [1.29, 1.82) is 0 Å². The topological polar surface area (TPSA) is 43.8 Å². The van der Waals surface area contributed by atoms with Gasteiger partial charge in [-0.05, 0) is 36.2 Å². The molecule has 19 heavy (non-hydrogen) atoms. The van der Waals surface area contributed by atoms with E-state index >= 15 is 0 Å². The fourth-order valence-corrected chi connectivity index (χ4v) is 2.99. The van der Waals surface area contributed by atoms with Crippen molar-refractivity contribution in [1.82, 2.24) is 9.78 Å². The highest BCUT2D eigenvalue weighted by Gasteiger charge is 2.14. The molecule has 0 radical (unpaired) electrons. The lowest BCUT2D eigenvalue weighted by Gasteiger charge is -2.14. The largest absolute Gasteiger partial charge is 0.324 e. The minimum atomic E-state index is -0.0491. The van der Waals surface area contributed by atoms with E-state index in [1.807, 2.05) is 23.9 Å². The van der Waals surface area contributed by atoms with Crippen LogP contribution >= 0.6 is 31.9 Å². The summed E-state index contributed by atoms with van der Waals surface area (Å²) in [6.45, 7) is 2.11. The first-order chi connectivity index (χ1) is 9.01. The normalized spacial score (nSPS) is 12.7. The Kier molecular flexibility index (Phi) is 4.81. The van der Waals surface area contributed by atoms with E-state index in [0.29, 0.717) is 0 Å². The zero-order chi connectivity index (χ0) is 14.0. The summed E-state index contributed by atoms with van der Waals surface area (Å²) in [6.07, 6.45) is 1.72. The Morgan fingerprint density at radius 1 is 1.32 bits per heavy atom. The van der Waals surface area contributed by atoms with Crippen molar-refractivity contribution in [2.45, 2.75) is 25.8 Å². The van der Waals surface area contributed by atoms with Crippen molar-refractivity contribution >= 4 is 31.9 Å². The second kappa shape index (κ2) is 6.20. The predicted molar refractivity (Wildman–Crippen MR) is 85.1 cm³/mol. The molecule has 0 bridgehead atoms. The maximum atomic E-state index is 6.32. The summed E-state index contributed by atoms with van der Waals surface area (Å²) in [7, 11) is 1.97. The summed E-state index contributed by atoms with van der Waals surface area (Å²) in [5, 5.41) is 4.46. The number of aryl methyl sites for hydroxylation is 2. The van der Waals surface area contributed by atoms with Gasteiger partial charge in [0.05, 0.1) is 5.69 Å². The number of hydrogen-bond acceptors (Lipinski definition) is 2. The van der Waals surface area contributed by atoms with Crippen LogP contribution in [0.1, 0.15) is 29.9 Å². The summed E-state index contributed by atoms with van der Waals surface area (Å²) in [5.74, 6) is 0. The standard InChI is InChI=1S/C14H17Br2N3/c1-3-10-7-11(19(2)18-10)8-14(17)12-6-9(15)4-5-13(12)16/h4-7,14H,3,8,17H2,1-2H3. The molecule has 0 aliphatic heterocycles. The number of benzene rings is 1. The van der Waals surface area contributed by atoms with Crippen molar-refractivity contribution in [2.75, 3.05) is 0 Å². The third kappa shape index (κ3) is 3.46. The second-order valence-electron chi connectivity index (χ2n) is 4.58. The SMILES string of the molecule is CCc1cc(CC(N)c2cc(Br)ccc2Br)n(C)n1. The summed E-state index contributed by atoms with van der Waals surface area (Å²) < 4.78 is 4.01. The summed E-state index contributed by atoms with van der Waals surface area (Å²) in [5.41, 5.74) is 9.70. The fourth-order valence-electron chi connectivity index (χ4n) is 2.07. The molecule has 0 amide bonds. The number of hydrogen-bond donors (Lipinski definition) is 1. The molecule has 1 unspecified atom stereocenters. The minimum Gasteiger partial charge on any atom is -0.324 e. The molecule has 0 saturated carbocycles. The Labute approximate surface area is 130 Å². The van der Waals surface area contributed by atoms with Gasteiger partial charge in [0.1, 0.15) is 0 Å². The molecular formula is C14H17Br2N3. The first-order valence-electron chi connectivity index (χ1n) is 6.23. The van der Waals surface area contributed by atoms with Gasteiger partial charge < -0.3 is 5.73 Å². The molecule has 0 aliphatic rings. The van der Waals surface area contributed by atoms with E-state index in [4.69, 9.17) is 5.73 Å². The molecule has 1 heterocycles. The van der Waals surface area contributed by atoms with E-state index in [-0.39, 0.29) is 6.04 Å². The lowest BCUT2D eigenvalue weighted by Crippen LogP contribution is -2.16. The number of nitrogens with zero attached hydrogens (tertiary/aromatic N) is 2. The fraction of sp³-hybridized carbons (Fsp3) is 0.357. The lowest BCUT2D eigenvalue weighted by atomic mass is 10.0. The Bertz CT molecular complexity index is 578. The average Bonchev–Trinajstić information content (AvgIpc) is 2.73. The molecule has 2 N–H and O–H groups in total. The van der Waals surface area contributed by atoms with Crippen molar-refractivity contribution in [3.8, 4) is 0 Å². The van der Waals surface area contributed by atoms with E-state index in [0.717, 1.165) is 38.7 Å². The van der Waals surface area contributed by atoms with E-state index in [2.05, 4.69) is 56.0 Å². The van der Waals surface area contributed by atoms with Crippen molar-refractivity contribution in [3.05, 3.63) is 50.2 Å². The molecule has 1 aromatic heterocycles. The minimum absolute atomic E-state index is 0.0491. The van der Waals surface area contributed by atoms with Crippen LogP contribution in [-0.4, -0.2) is 9.78 Å². The van der Waals surface area contributed by atoms with Gasteiger partial charge in [0, 0.05) is 34.1 Å². The van der Waals surface area contributed by atoms with Gasteiger partial charge in [-0.1, -0.05) is 38.8 Å². The van der Waals surface area contributed by atoms with Crippen LogP contribution in [0.25, 0.3) is 0 Å². The first-order valence-corrected chi connectivity index (χ1v) is 7.82. The maximum absolute atomic E-state index is 6.32. The molecule has 1 atom stereocenters. The molecule has 1 aromatic carbocycles. The molecule has 0 saturated heterocycles. The van der Waals surface area contributed by atoms with Crippen molar-refractivity contribution in [2.24, 2.45) is 12.8 Å². The van der Waals surface area contributed by atoms with E-state index in [1.54, 1.807) is 0 Å². The Hall–Kier alpha value is -0.650. The highest BCUT2D eigenvalue weighted by atomic mass is 79.9. The Balaban J connectivity index is 2.22. The molecule has 102 valence electrons.